The fourth-order valence-electron chi connectivity index (χ4n) is 3.22. The third-order valence-corrected chi connectivity index (χ3v) is 5.79. The van der Waals surface area contributed by atoms with Crippen LogP contribution in [0.5, 0.6) is 11.5 Å². The zero-order chi connectivity index (χ0) is 18.9. The number of ketones is 1. The number of ether oxygens (including phenoxy) is 2. The summed E-state index contributed by atoms with van der Waals surface area (Å²) in [6.45, 7) is 1.11. The predicted molar refractivity (Wildman–Crippen MR) is 111 cm³/mol. The van der Waals surface area contributed by atoms with Crippen molar-refractivity contribution < 1.29 is 14.3 Å². The van der Waals surface area contributed by atoms with Gasteiger partial charge in [0.25, 0.3) is 0 Å². The summed E-state index contributed by atoms with van der Waals surface area (Å²) in [6, 6.07) is 19.6. The lowest BCUT2D eigenvalue weighted by molar-refractivity contribution is 0.104. The third-order valence-electron chi connectivity index (χ3n) is 4.63. The minimum absolute atomic E-state index is 0.0386. The van der Waals surface area contributed by atoms with Gasteiger partial charge < -0.3 is 14.8 Å². The molecule has 4 nitrogen and oxygen atoms in total. The first-order valence-corrected chi connectivity index (χ1v) is 9.88. The quantitative estimate of drug-likeness (QED) is 0.368. The maximum Gasteiger partial charge on any atom is 0.185 e. The lowest BCUT2D eigenvalue weighted by Crippen LogP contribution is -2.15. The van der Waals surface area contributed by atoms with Gasteiger partial charge in [0.15, 0.2) is 17.3 Å². The summed E-state index contributed by atoms with van der Waals surface area (Å²) in [7, 11) is 0. The first-order valence-electron chi connectivity index (χ1n) is 9.06. The Morgan fingerprint density at radius 1 is 0.893 bits per heavy atom. The summed E-state index contributed by atoms with van der Waals surface area (Å²) >= 11 is 1.71. The van der Waals surface area contributed by atoms with E-state index in [4.69, 9.17) is 9.47 Å². The van der Waals surface area contributed by atoms with Gasteiger partial charge in [0, 0.05) is 15.4 Å². The molecule has 0 spiro atoms. The molecule has 0 fully saturated rings. The van der Waals surface area contributed by atoms with Crippen molar-refractivity contribution >= 4 is 35.0 Å². The van der Waals surface area contributed by atoms with Crippen LogP contribution in [0.1, 0.15) is 15.9 Å². The molecule has 0 bridgehead atoms. The van der Waals surface area contributed by atoms with E-state index in [0.29, 0.717) is 18.8 Å². The highest BCUT2D eigenvalue weighted by Crippen LogP contribution is 2.44. The van der Waals surface area contributed by atoms with Crippen LogP contribution >= 0.6 is 11.8 Å². The highest BCUT2D eigenvalue weighted by Gasteiger charge is 2.16. The molecule has 2 heterocycles. The molecule has 0 aliphatic carbocycles. The molecule has 3 aromatic carbocycles. The van der Waals surface area contributed by atoms with E-state index in [1.54, 1.807) is 23.9 Å². The molecule has 0 amide bonds. The number of rotatable bonds is 3. The molecule has 0 aromatic heterocycles. The Bertz CT molecular complexity index is 1110. The lowest BCUT2D eigenvalue weighted by atomic mass is 10.1. The van der Waals surface area contributed by atoms with Gasteiger partial charge in [-0.15, -0.1) is 0 Å². The smallest absolute Gasteiger partial charge is 0.185 e. The second kappa shape index (κ2) is 7.09. The topological polar surface area (TPSA) is 47.6 Å². The molecular weight excluding hydrogens is 370 g/mol. The summed E-state index contributed by atoms with van der Waals surface area (Å²) in [6.07, 6.45) is 3.40. The number of carbonyl (C=O) groups excluding carboxylic acids is 1. The van der Waals surface area contributed by atoms with Crippen molar-refractivity contribution in [1.29, 1.82) is 0 Å². The number of nitrogens with one attached hydrogen (secondary N) is 1. The van der Waals surface area contributed by atoms with E-state index in [1.807, 2.05) is 54.6 Å². The summed E-state index contributed by atoms with van der Waals surface area (Å²) in [5.41, 5.74) is 3.58. The van der Waals surface area contributed by atoms with Crippen LogP contribution in [0.25, 0.3) is 6.08 Å². The van der Waals surface area contributed by atoms with Crippen LogP contribution in [0.2, 0.25) is 0 Å². The molecular formula is C23H17NO3S. The van der Waals surface area contributed by atoms with Gasteiger partial charge in [-0.2, -0.15) is 0 Å². The normalized spacial score (nSPS) is 14.1. The zero-order valence-corrected chi connectivity index (χ0v) is 15.8. The van der Waals surface area contributed by atoms with Gasteiger partial charge in [-0.05, 0) is 54.1 Å². The average Bonchev–Trinajstić information content (AvgIpc) is 2.75. The Hall–Kier alpha value is -3.18. The predicted octanol–water partition coefficient (Wildman–Crippen LogP) is 5.56. The fraction of sp³-hybridized carbons (Fsp3) is 0.0870. The number of hydrogen-bond donors (Lipinski definition) is 1. The molecule has 0 atom stereocenters. The van der Waals surface area contributed by atoms with Gasteiger partial charge in [0.05, 0.1) is 11.4 Å². The van der Waals surface area contributed by atoms with Crippen molar-refractivity contribution in [1.82, 2.24) is 0 Å². The van der Waals surface area contributed by atoms with Crippen LogP contribution in [-0.4, -0.2) is 19.0 Å². The Morgan fingerprint density at radius 3 is 2.64 bits per heavy atom. The van der Waals surface area contributed by atoms with Crippen molar-refractivity contribution in [3.05, 3.63) is 77.9 Å². The van der Waals surface area contributed by atoms with Crippen LogP contribution in [0.15, 0.2) is 76.5 Å². The summed E-state index contributed by atoms with van der Waals surface area (Å²) in [5, 5.41) is 3.42. The molecule has 5 rings (SSSR count). The molecule has 138 valence electrons. The molecule has 0 saturated heterocycles. The van der Waals surface area contributed by atoms with E-state index in [9.17, 15) is 4.79 Å². The van der Waals surface area contributed by atoms with Gasteiger partial charge in [0.1, 0.15) is 13.2 Å². The van der Waals surface area contributed by atoms with Crippen LogP contribution in [0.3, 0.4) is 0 Å². The molecule has 2 aliphatic rings. The van der Waals surface area contributed by atoms with Crippen molar-refractivity contribution in [2.45, 2.75) is 9.79 Å². The van der Waals surface area contributed by atoms with E-state index in [0.717, 1.165) is 33.3 Å². The van der Waals surface area contributed by atoms with E-state index >= 15 is 0 Å². The van der Waals surface area contributed by atoms with E-state index in [1.165, 1.54) is 4.90 Å². The SMILES string of the molecule is O=C(C=Cc1ccc2c(c1)OCCO2)c1ccc2c(c1)Nc1ccccc1S2. The Balaban J connectivity index is 1.36. The summed E-state index contributed by atoms with van der Waals surface area (Å²) in [5.74, 6) is 1.42. The number of para-hydroxylation sites is 1. The van der Waals surface area contributed by atoms with Gasteiger partial charge in [0.2, 0.25) is 0 Å². The number of benzene rings is 3. The Morgan fingerprint density at radius 2 is 1.71 bits per heavy atom. The summed E-state index contributed by atoms with van der Waals surface area (Å²) in [4.78, 5) is 15.0. The molecule has 2 aliphatic heterocycles. The van der Waals surface area contributed by atoms with E-state index in [-0.39, 0.29) is 5.78 Å². The van der Waals surface area contributed by atoms with Crippen LogP contribution < -0.4 is 14.8 Å². The number of carbonyl (C=O) groups is 1. The molecule has 28 heavy (non-hydrogen) atoms. The average molecular weight is 387 g/mol. The standard InChI is InChI=1S/C23H17NO3S/c25-19(8-5-15-6-9-20-21(13-15)27-12-11-26-20)16-7-10-23-18(14-16)24-17-3-1-2-4-22(17)28-23/h1-10,13-14,24H,11-12H2. The largest absolute Gasteiger partial charge is 0.486 e. The first kappa shape index (κ1) is 17.0. The number of fused-ring (bicyclic) bond motifs is 3. The Labute approximate surface area is 167 Å². The van der Waals surface area contributed by atoms with Gasteiger partial charge in [-0.25, -0.2) is 0 Å². The van der Waals surface area contributed by atoms with Crippen molar-refractivity contribution in [2.24, 2.45) is 0 Å². The lowest BCUT2D eigenvalue weighted by Gasteiger charge is -2.20. The van der Waals surface area contributed by atoms with E-state index in [2.05, 4.69) is 11.4 Å². The highest BCUT2D eigenvalue weighted by molar-refractivity contribution is 7.99. The van der Waals surface area contributed by atoms with Gasteiger partial charge >= 0.3 is 0 Å². The van der Waals surface area contributed by atoms with Crippen molar-refractivity contribution in [3.63, 3.8) is 0 Å². The number of anilines is 2. The Kier molecular flexibility index (Phi) is 4.29. The highest BCUT2D eigenvalue weighted by atomic mass is 32.2. The number of hydrogen-bond acceptors (Lipinski definition) is 5. The number of allylic oxidation sites excluding steroid dienone is 1. The van der Waals surface area contributed by atoms with Gasteiger partial charge in [-0.1, -0.05) is 36.0 Å². The molecule has 1 N–H and O–H groups in total. The van der Waals surface area contributed by atoms with Gasteiger partial charge in [-0.3, -0.25) is 4.79 Å². The maximum atomic E-state index is 12.7. The minimum atomic E-state index is -0.0386. The molecule has 5 heteroatoms. The molecule has 0 radical (unpaired) electrons. The second-order valence-corrected chi connectivity index (χ2v) is 7.62. The maximum absolute atomic E-state index is 12.7. The van der Waals surface area contributed by atoms with E-state index < -0.39 is 0 Å². The summed E-state index contributed by atoms with van der Waals surface area (Å²) < 4.78 is 11.1. The van der Waals surface area contributed by atoms with Crippen molar-refractivity contribution in [3.8, 4) is 11.5 Å². The van der Waals surface area contributed by atoms with Crippen LogP contribution in [-0.2, 0) is 0 Å². The molecule has 3 aromatic rings. The monoisotopic (exact) mass is 387 g/mol. The first-order chi connectivity index (χ1) is 13.8. The zero-order valence-electron chi connectivity index (χ0n) is 15.0. The molecule has 0 saturated carbocycles. The van der Waals surface area contributed by atoms with Crippen LogP contribution in [0.4, 0.5) is 11.4 Å². The van der Waals surface area contributed by atoms with Crippen LogP contribution in [0, 0.1) is 0 Å². The van der Waals surface area contributed by atoms with Crippen molar-refractivity contribution in [2.75, 3.05) is 18.5 Å². The second-order valence-electron chi connectivity index (χ2n) is 6.53. The molecule has 0 unspecified atom stereocenters. The third kappa shape index (κ3) is 3.25. The minimum Gasteiger partial charge on any atom is -0.486 e. The fourth-order valence-corrected chi connectivity index (χ4v) is 4.19.